The van der Waals surface area contributed by atoms with Gasteiger partial charge in [-0.2, -0.15) is 5.10 Å². The quantitative estimate of drug-likeness (QED) is 0.898. The van der Waals surface area contributed by atoms with E-state index in [1.807, 2.05) is 45.0 Å². The van der Waals surface area contributed by atoms with E-state index in [-0.39, 0.29) is 5.91 Å². The lowest BCUT2D eigenvalue weighted by Crippen LogP contribution is -2.28. The number of nitrogens with one attached hydrogen (secondary N) is 2. The van der Waals surface area contributed by atoms with Crippen LogP contribution in [0.3, 0.4) is 0 Å². The minimum Gasteiger partial charge on any atom is -0.497 e. The van der Waals surface area contributed by atoms with Crippen molar-refractivity contribution in [2.45, 2.75) is 39.5 Å². The van der Waals surface area contributed by atoms with Crippen LogP contribution in [0.5, 0.6) is 5.75 Å². The molecule has 1 aliphatic carbocycles. The van der Waals surface area contributed by atoms with Crippen LogP contribution in [0, 0.1) is 5.41 Å². The van der Waals surface area contributed by atoms with E-state index in [1.54, 1.807) is 7.11 Å². The molecule has 1 aromatic heterocycles. The third-order valence-corrected chi connectivity index (χ3v) is 4.04. The molecule has 1 saturated carbocycles. The van der Waals surface area contributed by atoms with Crippen molar-refractivity contribution in [3.63, 3.8) is 0 Å². The van der Waals surface area contributed by atoms with Crippen molar-refractivity contribution in [1.82, 2.24) is 10.2 Å². The van der Waals surface area contributed by atoms with Crippen LogP contribution >= 0.6 is 0 Å². The minimum absolute atomic E-state index is 0.00931. The molecule has 0 atom stereocenters. The maximum atomic E-state index is 12.5. The lowest BCUT2D eigenvalue weighted by molar-refractivity contribution is -0.123. The summed E-state index contributed by atoms with van der Waals surface area (Å²) in [4.78, 5) is 12.5. The van der Waals surface area contributed by atoms with Gasteiger partial charge in [0.15, 0.2) is 0 Å². The number of H-pyrrole nitrogens is 1. The van der Waals surface area contributed by atoms with Crippen LogP contribution in [-0.4, -0.2) is 23.2 Å². The standard InChI is InChI=1S/C18H23N3O2/c1-18(2,3)17(22)19-16-14(11-8-9-11)20-21-15(16)12-6-5-7-13(10-12)23-4/h5-7,10-11H,8-9H2,1-4H3,(H,19,22)(H,20,21). The molecular formula is C18H23N3O2. The molecule has 2 aromatic rings. The number of nitrogens with zero attached hydrogens (tertiary/aromatic N) is 1. The molecular weight excluding hydrogens is 290 g/mol. The highest BCUT2D eigenvalue weighted by atomic mass is 16.5. The molecule has 122 valence electrons. The fraction of sp³-hybridized carbons (Fsp3) is 0.444. The van der Waals surface area contributed by atoms with Gasteiger partial charge < -0.3 is 10.1 Å². The van der Waals surface area contributed by atoms with Gasteiger partial charge in [-0.3, -0.25) is 9.89 Å². The first kappa shape index (κ1) is 15.6. The van der Waals surface area contributed by atoms with Crippen LogP contribution in [0.15, 0.2) is 24.3 Å². The number of hydrogen-bond acceptors (Lipinski definition) is 3. The molecule has 1 aliphatic rings. The minimum atomic E-state index is -0.455. The fourth-order valence-corrected chi connectivity index (χ4v) is 2.43. The Hall–Kier alpha value is -2.30. The Morgan fingerprint density at radius 3 is 2.70 bits per heavy atom. The van der Waals surface area contributed by atoms with E-state index in [2.05, 4.69) is 15.5 Å². The van der Waals surface area contributed by atoms with Gasteiger partial charge in [-0.25, -0.2) is 0 Å². The van der Waals surface area contributed by atoms with Crippen LogP contribution in [-0.2, 0) is 4.79 Å². The number of carbonyl (C=O) groups excluding carboxylic acids is 1. The van der Waals surface area contributed by atoms with E-state index < -0.39 is 5.41 Å². The van der Waals surface area contributed by atoms with Crippen molar-refractivity contribution < 1.29 is 9.53 Å². The predicted molar refractivity (Wildman–Crippen MR) is 90.6 cm³/mol. The van der Waals surface area contributed by atoms with E-state index in [0.29, 0.717) is 5.92 Å². The average molecular weight is 313 g/mol. The molecule has 1 heterocycles. The number of aromatic nitrogens is 2. The Morgan fingerprint density at radius 2 is 2.09 bits per heavy atom. The Labute approximate surface area is 136 Å². The molecule has 1 aromatic carbocycles. The number of carbonyl (C=O) groups is 1. The number of methoxy groups -OCH3 is 1. The van der Waals surface area contributed by atoms with Gasteiger partial charge >= 0.3 is 0 Å². The molecule has 0 radical (unpaired) electrons. The van der Waals surface area contributed by atoms with Gasteiger partial charge in [0.25, 0.3) is 0 Å². The summed E-state index contributed by atoms with van der Waals surface area (Å²) in [6, 6.07) is 7.72. The predicted octanol–water partition coefficient (Wildman–Crippen LogP) is 3.95. The van der Waals surface area contributed by atoms with Crippen molar-refractivity contribution >= 4 is 11.6 Å². The van der Waals surface area contributed by atoms with E-state index in [1.165, 1.54) is 0 Å². The summed E-state index contributed by atoms with van der Waals surface area (Å²) in [5.74, 6) is 1.23. The number of hydrogen-bond donors (Lipinski definition) is 2. The lowest BCUT2D eigenvalue weighted by Gasteiger charge is -2.18. The van der Waals surface area contributed by atoms with Crippen LogP contribution < -0.4 is 10.1 Å². The highest BCUT2D eigenvalue weighted by Gasteiger charge is 2.32. The zero-order valence-electron chi connectivity index (χ0n) is 14.1. The molecule has 0 saturated heterocycles. The number of ether oxygens (including phenoxy) is 1. The van der Waals surface area contributed by atoms with Gasteiger partial charge in [-0.1, -0.05) is 32.9 Å². The summed E-state index contributed by atoms with van der Waals surface area (Å²) in [5.41, 5.74) is 3.07. The summed E-state index contributed by atoms with van der Waals surface area (Å²) in [6.45, 7) is 5.72. The zero-order valence-corrected chi connectivity index (χ0v) is 14.1. The lowest BCUT2D eigenvalue weighted by atomic mass is 9.95. The first-order chi connectivity index (χ1) is 10.9. The van der Waals surface area contributed by atoms with Crippen molar-refractivity contribution in [2.75, 3.05) is 12.4 Å². The smallest absolute Gasteiger partial charge is 0.229 e. The van der Waals surface area contributed by atoms with Gasteiger partial charge in [-0.05, 0) is 25.0 Å². The molecule has 23 heavy (non-hydrogen) atoms. The van der Waals surface area contributed by atoms with E-state index in [9.17, 15) is 4.79 Å². The fourth-order valence-electron chi connectivity index (χ4n) is 2.43. The third kappa shape index (κ3) is 3.23. The largest absolute Gasteiger partial charge is 0.497 e. The first-order valence-corrected chi connectivity index (χ1v) is 7.94. The molecule has 1 amide bonds. The SMILES string of the molecule is COc1cccc(-c2n[nH]c(C3CC3)c2NC(=O)C(C)(C)C)c1. The van der Waals surface area contributed by atoms with Gasteiger partial charge in [0.05, 0.1) is 18.5 Å². The second-order valence-corrected chi connectivity index (χ2v) is 7.07. The van der Waals surface area contributed by atoms with Crippen molar-refractivity contribution in [2.24, 2.45) is 5.41 Å². The number of rotatable bonds is 4. The second-order valence-electron chi connectivity index (χ2n) is 7.07. The maximum absolute atomic E-state index is 12.5. The van der Waals surface area contributed by atoms with Crippen molar-refractivity contribution in [3.8, 4) is 17.0 Å². The normalized spacial score (nSPS) is 14.6. The Morgan fingerprint density at radius 1 is 1.35 bits per heavy atom. The van der Waals surface area contributed by atoms with Crippen LogP contribution in [0.1, 0.15) is 45.2 Å². The third-order valence-electron chi connectivity index (χ3n) is 4.04. The van der Waals surface area contributed by atoms with E-state index in [4.69, 9.17) is 4.74 Å². The monoisotopic (exact) mass is 313 g/mol. The Bertz CT molecular complexity index is 724. The molecule has 5 nitrogen and oxygen atoms in total. The highest BCUT2D eigenvalue weighted by Crippen LogP contribution is 2.45. The Balaban J connectivity index is 2.01. The van der Waals surface area contributed by atoms with Crippen molar-refractivity contribution in [1.29, 1.82) is 0 Å². The summed E-state index contributed by atoms with van der Waals surface area (Å²) >= 11 is 0. The van der Waals surface area contributed by atoms with Crippen LogP contribution in [0.2, 0.25) is 0 Å². The summed E-state index contributed by atoms with van der Waals surface area (Å²) in [6.07, 6.45) is 2.27. The summed E-state index contributed by atoms with van der Waals surface area (Å²) in [7, 11) is 1.64. The average Bonchev–Trinajstić information content (AvgIpc) is 3.27. The molecule has 0 aliphatic heterocycles. The van der Waals surface area contributed by atoms with Gasteiger partial charge in [0.2, 0.25) is 5.91 Å². The molecule has 2 N–H and O–H groups in total. The van der Waals surface area contributed by atoms with Gasteiger partial charge in [-0.15, -0.1) is 0 Å². The molecule has 0 spiro atoms. The highest BCUT2D eigenvalue weighted by molar-refractivity contribution is 5.98. The number of aromatic amines is 1. The molecule has 3 rings (SSSR count). The van der Waals surface area contributed by atoms with Gasteiger partial charge in [0, 0.05) is 16.9 Å². The Kier molecular flexibility index (Phi) is 3.88. The summed E-state index contributed by atoms with van der Waals surface area (Å²) in [5, 5.41) is 10.7. The number of anilines is 1. The molecule has 0 bridgehead atoms. The van der Waals surface area contributed by atoms with Gasteiger partial charge in [0.1, 0.15) is 11.4 Å². The number of amides is 1. The van der Waals surface area contributed by atoms with E-state index in [0.717, 1.165) is 41.2 Å². The van der Waals surface area contributed by atoms with E-state index >= 15 is 0 Å². The first-order valence-electron chi connectivity index (χ1n) is 7.94. The molecule has 5 heteroatoms. The maximum Gasteiger partial charge on any atom is 0.229 e. The van der Waals surface area contributed by atoms with Crippen molar-refractivity contribution in [3.05, 3.63) is 30.0 Å². The molecule has 1 fully saturated rings. The zero-order chi connectivity index (χ0) is 16.6. The topological polar surface area (TPSA) is 67.0 Å². The van der Waals surface area contributed by atoms with Crippen LogP contribution in [0.25, 0.3) is 11.3 Å². The molecule has 0 unspecified atom stereocenters. The van der Waals surface area contributed by atoms with Crippen LogP contribution in [0.4, 0.5) is 5.69 Å². The summed E-state index contributed by atoms with van der Waals surface area (Å²) < 4.78 is 5.29. The number of benzene rings is 1. The second kappa shape index (κ2) is 5.72.